The first-order valence-electron chi connectivity index (χ1n) is 6.88. The molecule has 0 spiro atoms. The van der Waals surface area contributed by atoms with Crippen molar-refractivity contribution in [3.8, 4) is 0 Å². The van der Waals surface area contributed by atoms with Gasteiger partial charge in [-0.2, -0.15) is 73.2 Å². The second-order valence-corrected chi connectivity index (χ2v) is 9.84. The Bertz CT molecular complexity index is 179. The molecule has 0 aromatic rings. The number of thiol groups is 3. The first kappa shape index (κ1) is 21.1. The van der Waals surface area contributed by atoms with E-state index in [1.165, 1.54) is 42.3 Å². The molecule has 0 aromatic carbocycles. The number of thioether (sulfide) groups is 3. The van der Waals surface area contributed by atoms with E-state index in [0.29, 0.717) is 0 Å². The minimum atomic E-state index is 0.773. The first-order chi connectivity index (χ1) is 9.24. The van der Waals surface area contributed by atoms with Gasteiger partial charge in [-0.1, -0.05) is 6.92 Å². The van der Waals surface area contributed by atoms with Crippen LogP contribution in [-0.2, 0) is 0 Å². The van der Waals surface area contributed by atoms with Crippen LogP contribution in [0.15, 0.2) is 0 Å². The zero-order chi connectivity index (χ0) is 14.3. The van der Waals surface area contributed by atoms with E-state index in [1.807, 2.05) is 23.5 Å². The zero-order valence-corrected chi connectivity index (χ0v) is 16.9. The van der Waals surface area contributed by atoms with Crippen molar-refractivity contribution in [1.82, 2.24) is 0 Å². The van der Waals surface area contributed by atoms with E-state index in [-0.39, 0.29) is 0 Å². The highest BCUT2D eigenvalue weighted by Gasteiger charge is 2.10. The van der Waals surface area contributed by atoms with Gasteiger partial charge in [0, 0.05) is 22.0 Å². The number of rotatable bonds is 14. The third kappa shape index (κ3) is 14.8. The highest BCUT2D eigenvalue weighted by molar-refractivity contribution is 8.01. The van der Waals surface area contributed by atoms with E-state index in [1.54, 1.807) is 0 Å². The van der Waals surface area contributed by atoms with Gasteiger partial charge < -0.3 is 0 Å². The lowest BCUT2D eigenvalue weighted by molar-refractivity contribution is 0.803. The third-order valence-corrected chi connectivity index (χ3v) is 7.63. The Hall–Kier alpha value is 2.10. The van der Waals surface area contributed by atoms with Crippen LogP contribution in [0.4, 0.5) is 0 Å². The maximum absolute atomic E-state index is 4.39. The van der Waals surface area contributed by atoms with Crippen molar-refractivity contribution >= 4 is 73.2 Å². The Labute approximate surface area is 149 Å². The Morgan fingerprint density at radius 3 is 2.11 bits per heavy atom. The van der Waals surface area contributed by atoms with E-state index in [2.05, 4.69) is 56.6 Å². The largest absolute Gasteiger partial charge is 0.179 e. The summed E-state index contributed by atoms with van der Waals surface area (Å²) in [5.41, 5.74) is 0. The van der Waals surface area contributed by atoms with E-state index in [4.69, 9.17) is 0 Å². The third-order valence-electron chi connectivity index (χ3n) is 2.64. The average Bonchev–Trinajstić information content (AvgIpc) is 2.41. The van der Waals surface area contributed by atoms with Crippen molar-refractivity contribution in [2.24, 2.45) is 0 Å². The SMILES string of the molecule is CC(CCSC(CCS)CCSCCS)SCCS. The van der Waals surface area contributed by atoms with Crippen LogP contribution in [0, 0.1) is 0 Å². The summed E-state index contributed by atoms with van der Waals surface area (Å²) in [4.78, 5) is 0. The van der Waals surface area contributed by atoms with Crippen LogP contribution >= 0.6 is 73.2 Å². The molecule has 0 bridgehead atoms. The highest BCUT2D eigenvalue weighted by atomic mass is 32.2. The summed E-state index contributed by atoms with van der Waals surface area (Å²) < 4.78 is 0. The molecule has 0 aromatic heterocycles. The van der Waals surface area contributed by atoms with Crippen molar-refractivity contribution in [2.75, 3.05) is 40.3 Å². The topological polar surface area (TPSA) is 0 Å². The zero-order valence-electron chi connectivity index (χ0n) is 11.8. The first-order valence-corrected chi connectivity index (χ1v) is 12.0. The second-order valence-electron chi connectivity index (χ2n) is 4.32. The Balaban J connectivity index is 3.62. The van der Waals surface area contributed by atoms with Gasteiger partial charge in [-0.05, 0) is 48.0 Å². The van der Waals surface area contributed by atoms with Crippen molar-refractivity contribution in [1.29, 1.82) is 0 Å². The molecule has 0 aliphatic carbocycles. The lowest BCUT2D eigenvalue weighted by Crippen LogP contribution is -2.09. The molecule has 0 fully saturated rings. The average molecular weight is 377 g/mol. The van der Waals surface area contributed by atoms with E-state index in [0.717, 1.165) is 27.8 Å². The van der Waals surface area contributed by atoms with Gasteiger partial charge >= 0.3 is 0 Å². The van der Waals surface area contributed by atoms with Crippen LogP contribution in [0.3, 0.4) is 0 Å². The lowest BCUT2D eigenvalue weighted by atomic mass is 10.3. The normalized spacial score (nSPS) is 14.5. The molecule has 0 nitrogen and oxygen atoms in total. The van der Waals surface area contributed by atoms with Crippen molar-refractivity contribution in [2.45, 2.75) is 36.7 Å². The van der Waals surface area contributed by atoms with Gasteiger partial charge in [-0.25, -0.2) is 0 Å². The summed E-state index contributed by atoms with van der Waals surface area (Å²) in [7, 11) is 0. The van der Waals surface area contributed by atoms with Gasteiger partial charge in [0.1, 0.15) is 0 Å². The van der Waals surface area contributed by atoms with E-state index < -0.39 is 0 Å². The molecular weight excluding hydrogens is 349 g/mol. The van der Waals surface area contributed by atoms with Crippen molar-refractivity contribution < 1.29 is 0 Å². The van der Waals surface area contributed by atoms with Gasteiger partial charge in [0.05, 0.1) is 0 Å². The molecular formula is C13H28S6. The second kappa shape index (κ2) is 16.5. The van der Waals surface area contributed by atoms with Crippen LogP contribution in [0.1, 0.15) is 26.2 Å². The monoisotopic (exact) mass is 376 g/mol. The van der Waals surface area contributed by atoms with Crippen LogP contribution in [-0.4, -0.2) is 50.8 Å². The summed E-state index contributed by atoms with van der Waals surface area (Å²) in [6.45, 7) is 2.34. The molecule has 0 aliphatic rings. The van der Waals surface area contributed by atoms with Gasteiger partial charge in [-0.15, -0.1) is 0 Å². The molecule has 2 atom stereocenters. The molecule has 6 heteroatoms. The van der Waals surface area contributed by atoms with Crippen LogP contribution < -0.4 is 0 Å². The molecule has 116 valence electrons. The molecule has 0 heterocycles. The fourth-order valence-corrected chi connectivity index (χ4v) is 6.03. The Morgan fingerprint density at radius 1 is 0.737 bits per heavy atom. The predicted molar refractivity (Wildman–Crippen MR) is 111 cm³/mol. The molecule has 0 N–H and O–H groups in total. The smallest absolute Gasteiger partial charge is 0.00626 e. The van der Waals surface area contributed by atoms with Crippen LogP contribution in [0.2, 0.25) is 0 Å². The minimum Gasteiger partial charge on any atom is -0.179 e. The number of hydrogen-bond donors (Lipinski definition) is 3. The molecule has 0 amide bonds. The van der Waals surface area contributed by atoms with E-state index in [9.17, 15) is 0 Å². The molecule has 0 radical (unpaired) electrons. The van der Waals surface area contributed by atoms with Crippen molar-refractivity contribution in [3.63, 3.8) is 0 Å². The van der Waals surface area contributed by atoms with Gasteiger partial charge in [0.25, 0.3) is 0 Å². The summed E-state index contributed by atoms with van der Waals surface area (Å²) >= 11 is 19.1. The fraction of sp³-hybridized carbons (Fsp3) is 1.00. The standard InChI is InChI=1S/C13H28S6/c1-12(18-11-7-16)3-9-19-13(2-5-14)4-8-17-10-6-15/h12-16H,2-11H2,1H3. The molecule has 0 saturated carbocycles. The van der Waals surface area contributed by atoms with E-state index >= 15 is 0 Å². The Morgan fingerprint density at radius 2 is 1.47 bits per heavy atom. The molecule has 0 saturated heterocycles. The predicted octanol–water partition coefficient (Wildman–Crippen LogP) is 4.90. The Kier molecular flexibility index (Phi) is 18.3. The summed E-state index contributed by atoms with van der Waals surface area (Å²) in [6, 6.07) is 0. The van der Waals surface area contributed by atoms with Crippen LogP contribution in [0.25, 0.3) is 0 Å². The molecule has 19 heavy (non-hydrogen) atoms. The molecule has 0 rings (SSSR count). The van der Waals surface area contributed by atoms with Gasteiger partial charge in [0.2, 0.25) is 0 Å². The lowest BCUT2D eigenvalue weighted by Gasteiger charge is -2.17. The summed E-state index contributed by atoms with van der Waals surface area (Å²) in [5.74, 6) is 7.92. The minimum absolute atomic E-state index is 0.773. The number of hydrogen-bond acceptors (Lipinski definition) is 6. The molecule has 0 aliphatic heterocycles. The fourth-order valence-electron chi connectivity index (χ4n) is 1.57. The molecule has 2 unspecified atom stereocenters. The highest BCUT2D eigenvalue weighted by Crippen LogP contribution is 2.24. The maximum atomic E-state index is 4.39. The quantitative estimate of drug-likeness (QED) is 0.291. The summed E-state index contributed by atoms with van der Waals surface area (Å²) in [5, 5.41) is 1.57. The van der Waals surface area contributed by atoms with Crippen LogP contribution in [0.5, 0.6) is 0 Å². The van der Waals surface area contributed by atoms with Gasteiger partial charge in [-0.3, -0.25) is 0 Å². The maximum Gasteiger partial charge on any atom is 0.00626 e. The van der Waals surface area contributed by atoms with Gasteiger partial charge in [0.15, 0.2) is 0 Å². The van der Waals surface area contributed by atoms with Crippen molar-refractivity contribution in [3.05, 3.63) is 0 Å². The summed E-state index contributed by atoms with van der Waals surface area (Å²) in [6.07, 6.45) is 3.88.